The van der Waals surface area contributed by atoms with Gasteiger partial charge in [-0.2, -0.15) is 0 Å². The minimum atomic E-state index is -3.63. The lowest BCUT2D eigenvalue weighted by atomic mass is 9.91. The molecule has 1 aliphatic heterocycles. The third-order valence-corrected chi connectivity index (χ3v) is 5.45. The summed E-state index contributed by atoms with van der Waals surface area (Å²) < 4.78 is 31.9. The largest absolute Gasteiger partial charge is 0.360 e. The van der Waals surface area contributed by atoms with Crippen molar-refractivity contribution in [2.75, 3.05) is 17.8 Å². The molecule has 3 rings (SSSR count). The van der Waals surface area contributed by atoms with E-state index in [4.69, 9.17) is 4.52 Å². The number of hydrogen-bond donors (Lipinski definition) is 2. The standard InChI is InChI=1S/C16H21N3O3S.ClH/c1-12-10-16(18-22-12)19-23(20,21)15-4-2-13(3-5-15)11-14-6-8-17-9-7-14;/h2-5,10,14,17H,6-9,11H2,1H3,(H,18,19);1H. The highest BCUT2D eigenvalue weighted by Gasteiger charge is 2.17. The van der Waals surface area contributed by atoms with Crippen LogP contribution in [-0.2, 0) is 16.4 Å². The quantitative estimate of drug-likeness (QED) is 0.844. The van der Waals surface area contributed by atoms with Gasteiger partial charge in [-0.1, -0.05) is 17.3 Å². The molecule has 24 heavy (non-hydrogen) atoms. The summed E-state index contributed by atoms with van der Waals surface area (Å²) in [6, 6.07) is 8.62. The normalized spacial score (nSPS) is 15.7. The molecule has 1 aromatic carbocycles. The molecule has 2 aromatic rings. The van der Waals surface area contributed by atoms with E-state index in [1.54, 1.807) is 25.1 Å². The van der Waals surface area contributed by atoms with E-state index in [2.05, 4.69) is 15.2 Å². The second kappa shape index (κ2) is 8.00. The second-order valence-corrected chi connectivity index (χ2v) is 7.65. The second-order valence-electron chi connectivity index (χ2n) is 5.97. The molecular formula is C16H22ClN3O3S. The van der Waals surface area contributed by atoms with E-state index in [1.807, 2.05) is 12.1 Å². The number of benzene rings is 1. The maximum Gasteiger partial charge on any atom is 0.263 e. The lowest BCUT2D eigenvalue weighted by Crippen LogP contribution is -2.28. The van der Waals surface area contributed by atoms with Crippen LogP contribution in [0.4, 0.5) is 5.82 Å². The predicted octanol–water partition coefficient (Wildman–Crippen LogP) is 2.75. The summed E-state index contributed by atoms with van der Waals surface area (Å²) in [6.45, 7) is 3.84. The van der Waals surface area contributed by atoms with Gasteiger partial charge in [-0.05, 0) is 62.9 Å². The molecule has 0 bridgehead atoms. The summed E-state index contributed by atoms with van der Waals surface area (Å²) in [6.07, 6.45) is 3.35. The maximum atomic E-state index is 12.3. The highest BCUT2D eigenvalue weighted by atomic mass is 35.5. The fourth-order valence-electron chi connectivity index (χ4n) is 2.83. The SMILES string of the molecule is Cc1cc(NS(=O)(=O)c2ccc(CC3CCNCC3)cc2)no1.Cl. The Kier molecular flexibility index (Phi) is 6.26. The number of halogens is 1. The van der Waals surface area contributed by atoms with E-state index in [0.717, 1.165) is 19.5 Å². The van der Waals surface area contributed by atoms with Crippen LogP contribution in [0.1, 0.15) is 24.2 Å². The summed E-state index contributed by atoms with van der Waals surface area (Å²) in [5, 5.41) is 7.00. The van der Waals surface area contributed by atoms with Crippen LogP contribution >= 0.6 is 12.4 Å². The number of piperidine rings is 1. The summed E-state index contributed by atoms with van der Waals surface area (Å²) in [5.41, 5.74) is 1.17. The maximum absolute atomic E-state index is 12.3. The Labute approximate surface area is 148 Å². The Hall–Kier alpha value is -1.57. The minimum absolute atomic E-state index is 0. The number of rotatable bonds is 5. The van der Waals surface area contributed by atoms with E-state index < -0.39 is 10.0 Å². The number of sulfonamides is 1. The molecule has 1 aromatic heterocycles. The van der Waals surface area contributed by atoms with Crippen molar-refractivity contribution in [1.82, 2.24) is 10.5 Å². The first kappa shape index (κ1) is 18.8. The van der Waals surface area contributed by atoms with Gasteiger partial charge in [0, 0.05) is 6.07 Å². The molecule has 0 saturated carbocycles. The Morgan fingerprint density at radius 1 is 1.25 bits per heavy atom. The van der Waals surface area contributed by atoms with Gasteiger partial charge in [-0.3, -0.25) is 4.72 Å². The van der Waals surface area contributed by atoms with Crippen LogP contribution in [0.15, 0.2) is 39.8 Å². The Morgan fingerprint density at radius 3 is 2.50 bits per heavy atom. The summed E-state index contributed by atoms with van der Waals surface area (Å²) >= 11 is 0. The van der Waals surface area contributed by atoms with Crippen LogP contribution in [0, 0.1) is 12.8 Å². The van der Waals surface area contributed by atoms with Gasteiger partial charge in [0.05, 0.1) is 4.90 Å². The first-order chi connectivity index (χ1) is 11.0. The number of nitrogens with zero attached hydrogens (tertiary/aromatic N) is 1. The van der Waals surface area contributed by atoms with Gasteiger partial charge in [0.25, 0.3) is 10.0 Å². The van der Waals surface area contributed by atoms with Gasteiger partial charge >= 0.3 is 0 Å². The number of anilines is 1. The molecule has 2 N–H and O–H groups in total. The van der Waals surface area contributed by atoms with Crippen molar-refractivity contribution >= 4 is 28.2 Å². The molecule has 0 unspecified atom stereocenters. The van der Waals surface area contributed by atoms with E-state index in [-0.39, 0.29) is 23.1 Å². The van der Waals surface area contributed by atoms with Gasteiger partial charge in [0.1, 0.15) is 5.76 Å². The van der Waals surface area contributed by atoms with Crippen LogP contribution in [0.25, 0.3) is 0 Å². The Balaban J connectivity index is 0.00000208. The third-order valence-electron chi connectivity index (χ3n) is 4.08. The zero-order valence-electron chi connectivity index (χ0n) is 13.5. The van der Waals surface area contributed by atoms with Gasteiger partial charge < -0.3 is 9.84 Å². The first-order valence-corrected chi connectivity index (χ1v) is 9.27. The van der Waals surface area contributed by atoms with Gasteiger partial charge in [0.2, 0.25) is 0 Å². The highest BCUT2D eigenvalue weighted by Crippen LogP contribution is 2.20. The third kappa shape index (κ3) is 4.72. The van der Waals surface area contributed by atoms with Crippen LogP contribution in [-0.4, -0.2) is 26.7 Å². The lowest BCUT2D eigenvalue weighted by Gasteiger charge is -2.22. The molecule has 1 fully saturated rings. The molecule has 6 nitrogen and oxygen atoms in total. The van der Waals surface area contributed by atoms with Crippen molar-refractivity contribution < 1.29 is 12.9 Å². The highest BCUT2D eigenvalue weighted by molar-refractivity contribution is 7.92. The lowest BCUT2D eigenvalue weighted by molar-refractivity contribution is 0.372. The van der Waals surface area contributed by atoms with Crippen LogP contribution in [0.3, 0.4) is 0 Å². The van der Waals surface area contributed by atoms with E-state index in [9.17, 15) is 8.42 Å². The molecular weight excluding hydrogens is 350 g/mol. The number of aryl methyl sites for hydroxylation is 1. The monoisotopic (exact) mass is 371 g/mol. The molecule has 0 aliphatic carbocycles. The molecule has 0 spiro atoms. The van der Waals surface area contributed by atoms with E-state index in [0.29, 0.717) is 11.7 Å². The summed E-state index contributed by atoms with van der Waals surface area (Å²) in [7, 11) is -3.63. The van der Waals surface area contributed by atoms with Crippen LogP contribution in [0.2, 0.25) is 0 Å². The van der Waals surface area contributed by atoms with Crippen molar-refractivity contribution in [2.24, 2.45) is 5.92 Å². The van der Waals surface area contributed by atoms with Crippen molar-refractivity contribution in [2.45, 2.75) is 31.1 Å². The van der Waals surface area contributed by atoms with Gasteiger partial charge in [0.15, 0.2) is 5.82 Å². The van der Waals surface area contributed by atoms with Crippen molar-refractivity contribution in [1.29, 1.82) is 0 Å². The zero-order chi connectivity index (χ0) is 16.3. The molecule has 8 heteroatoms. The summed E-state index contributed by atoms with van der Waals surface area (Å²) in [5.74, 6) is 1.43. The summed E-state index contributed by atoms with van der Waals surface area (Å²) in [4.78, 5) is 0.229. The zero-order valence-corrected chi connectivity index (χ0v) is 15.1. The molecule has 0 atom stereocenters. The fraction of sp³-hybridized carbons (Fsp3) is 0.438. The van der Waals surface area contributed by atoms with Crippen LogP contribution < -0.4 is 10.0 Å². The van der Waals surface area contributed by atoms with E-state index >= 15 is 0 Å². The minimum Gasteiger partial charge on any atom is -0.360 e. The van der Waals surface area contributed by atoms with Crippen molar-refractivity contribution in [3.63, 3.8) is 0 Å². The molecule has 132 valence electrons. The molecule has 0 radical (unpaired) electrons. The average molecular weight is 372 g/mol. The molecule has 0 amide bonds. The number of hydrogen-bond acceptors (Lipinski definition) is 5. The first-order valence-electron chi connectivity index (χ1n) is 7.79. The molecule has 1 aliphatic rings. The van der Waals surface area contributed by atoms with Gasteiger partial charge in [-0.25, -0.2) is 8.42 Å². The molecule has 1 saturated heterocycles. The predicted molar refractivity (Wildman–Crippen MR) is 95.0 cm³/mol. The average Bonchev–Trinajstić information content (AvgIpc) is 2.93. The Morgan fingerprint density at radius 2 is 1.92 bits per heavy atom. The van der Waals surface area contributed by atoms with E-state index in [1.165, 1.54) is 18.4 Å². The smallest absolute Gasteiger partial charge is 0.263 e. The molecule has 2 heterocycles. The van der Waals surface area contributed by atoms with Crippen LogP contribution in [0.5, 0.6) is 0 Å². The number of aromatic nitrogens is 1. The Bertz CT molecular complexity index is 753. The van der Waals surface area contributed by atoms with Crippen molar-refractivity contribution in [3.8, 4) is 0 Å². The fourth-order valence-corrected chi connectivity index (χ4v) is 3.82. The van der Waals surface area contributed by atoms with Crippen molar-refractivity contribution in [3.05, 3.63) is 41.7 Å². The van der Waals surface area contributed by atoms with Gasteiger partial charge in [-0.15, -0.1) is 12.4 Å². The number of nitrogens with one attached hydrogen (secondary N) is 2. The topological polar surface area (TPSA) is 84.2 Å².